The number of nitrogens with zero attached hydrogens (tertiary/aromatic N) is 3. The lowest BCUT2D eigenvalue weighted by Gasteiger charge is -2.24. The van der Waals surface area contributed by atoms with Crippen LogP contribution in [0.5, 0.6) is 5.75 Å². The number of carbonyl (C=O) groups excluding carboxylic acids is 2. The van der Waals surface area contributed by atoms with Gasteiger partial charge in [-0.1, -0.05) is 12.1 Å². The van der Waals surface area contributed by atoms with Crippen molar-refractivity contribution in [3.8, 4) is 5.75 Å². The summed E-state index contributed by atoms with van der Waals surface area (Å²) in [6.45, 7) is 0.486. The fraction of sp³-hybridized carbons (Fsp3) is 0.429. The van der Waals surface area contributed by atoms with Crippen LogP contribution in [0.4, 0.5) is 8.78 Å². The van der Waals surface area contributed by atoms with Crippen LogP contribution in [0.2, 0.25) is 0 Å². The number of hydrogen-bond donors (Lipinski definition) is 0. The van der Waals surface area contributed by atoms with Gasteiger partial charge in [0.2, 0.25) is 5.91 Å². The number of benzene rings is 1. The first-order chi connectivity index (χ1) is 14.4. The minimum absolute atomic E-state index is 0.0273. The average molecular weight is 438 g/mol. The van der Waals surface area contributed by atoms with Gasteiger partial charge in [-0.05, 0) is 35.6 Å². The summed E-state index contributed by atoms with van der Waals surface area (Å²) in [5.74, 6) is 0.107. The Bertz CT molecular complexity index is 831. The molecular formula is C21H25F2N3O3S. The number of hydrogen-bond acceptors (Lipinski definition) is 5. The van der Waals surface area contributed by atoms with Gasteiger partial charge in [-0.2, -0.15) is 20.1 Å². The molecule has 162 valence electrons. The van der Waals surface area contributed by atoms with Gasteiger partial charge in [0, 0.05) is 45.2 Å². The fourth-order valence-corrected chi connectivity index (χ4v) is 3.98. The highest BCUT2D eigenvalue weighted by molar-refractivity contribution is 7.08. The van der Waals surface area contributed by atoms with E-state index < -0.39 is 6.61 Å². The number of carbonyl (C=O) groups is 2. The molecule has 0 N–H and O–H groups in total. The molecule has 0 saturated carbocycles. The van der Waals surface area contributed by atoms with Crippen molar-refractivity contribution in [2.75, 3.05) is 39.8 Å². The van der Waals surface area contributed by atoms with Gasteiger partial charge in [0.05, 0.1) is 12.1 Å². The molecule has 0 radical (unpaired) electrons. The molecule has 1 fully saturated rings. The minimum atomic E-state index is -2.86. The van der Waals surface area contributed by atoms with Gasteiger partial charge in [-0.25, -0.2) is 0 Å². The standard InChI is InChI=1S/C21H25F2N3O3S/c1-24(13-16-3-5-18(6-4-16)29-21(22)23)19(27)14-25-8-2-9-26(11-10-25)20(28)17-7-12-30-15-17/h3-7,12,15,21H,2,8-11,13-14H2,1H3. The third-order valence-electron chi connectivity index (χ3n) is 5.00. The van der Waals surface area contributed by atoms with Gasteiger partial charge in [-0.15, -0.1) is 0 Å². The van der Waals surface area contributed by atoms with Crippen molar-refractivity contribution >= 4 is 23.2 Å². The molecule has 0 atom stereocenters. The number of likely N-dealkylation sites (N-methyl/N-ethyl adjacent to an activating group) is 1. The predicted octanol–water partition coefficient (Wildman–Crippen LogP) is 3.16. The van der Waals surface area contributed by atoms with Crippen LogP contribution in [0.3, 0.4) is 0 Å². The molecule has 1 saturated heterocycles. The van der Waals surface area contributed by atoms with Gasteiger partial charge in [-0.3, -0.25) is 14.5 Å². The zero-order chi connectivity index (χ0) is 21.5. The molecule has 6 nitrogen and oxygen atoms in total. The molecule has 1 aromatic carbocycles. The van der Waals surface area contributed by atoms with Gasteiger partial charge in [0.15, 0.2) is 0 Å². The second-order valence-electron chi connectivity index (χ2n) is 7.21. The molecule has 2 aromatic rings. The SMILES string of the molecule is CN(Cc1ccc(OC(F)F)cc1)C(=O)CN1CCCN(C(=O)c2ccsc2)CC1. The smallest absolute Gasteiger partial charge is 0.387 e. The van der Waals surface area contributed by atoms with Crippen LogP contribution in [0.1, 0.15) is 22.3 Å². The zero-order valence-corrected chi connectivity index (χ0v) is 17.6. The molecule has 1 aliphatic rings. The van der Waals surface area contributed by atoms with Gasteiger partial charge in [0.25, 0.3) is 5.91 Å². The number of rotatable bonds is 7. The Hall–Kier alpha value is -2.52. The highest BCUT2D eigenvalue weighted by Gasteiger charge is 2.22. The van der Waals surface area contributed by atoms with Crippen molar-refractivity contribution in [2.45, 2.75) is 19.6 Å². The van der Waals surface area contributed by atoms with Crippen molar-refractivity contribution in [2.24, 2.45) is 0 Å². The molecule has 1 aliphatic heterocycles. The number of amides is 2. The van der Waals surface area contributed by atoms with Crippen LogP contribution < -0.4 is 4.74 Å². The van der Waals surface area contributed by atoms with Crippen molar-refractivity contribution in [3.63, 3.8) is 0 Å². The Morgan fingerprint density at radius 2 is 1.90 bits per heavy atom. The van der Waals surface area contributed by atoms with Crippen LogP contribution in [-0.2, 0) is 11.3 Å². The summed E-state index contributed by atoms with van der Waals surface area (Å²) in [6, 6.07) is 8.10. The summed E-state index contributed by atoms with van der Waals surface area (Å²) in [5.41, 5.74) is 1.55. The second-order valence-corrected chi connectivity index (χ2v) is 7.99. The van der Waals surface area contributed by atoms with Crippen LogP contribution in [-0.4, -0.2) is 72.9 Å². The lowest BCUT2D eigenvalue weighted by molar-refractivity contribution is -0.131. The molecular weight excluding hydrogens is 412 g/mol. The van der Waals surface area contributed by atoms with E-state index in [1.54, 1.807) is 24.1 Å². The maximum absolute atomic E-state index is 12.6. The monoisotopic (exact) mass is 437 g/mol. The highest BCUT2D eigenvalue weighted by atomic mass is 32.1. The molecule has 0 unspecified atom stereocenters. The normalized spacial score (nSPS) is 15.1. The van der Waals surface area contributed by atoms with E-state index >= 15 is 0 Å². The topological polar surface area (TPSA) is 53.1 Å². The Balaban J connectivity index is 1.47. The van der Waals surface area contributed by atoms with Crippen molar-refractivity contribution in [1.29, 1.82) is 0 Å². The fourth-order valence-electron chi connectivity index (χ4n) is 3.35. The van der Waals surface area contributed by atoms with Gasteiger partial charge < -0.3 is 14.5 Å². The van der Waals surface area contributed by atoms with Crippen molar-refractivity contribution in [1.82, 2.24) is 14.7 Å². The Morgan fingerprint density at radius 3 is 2.57 bits per heavy atom. The molecule has 2 amide bonds. The number of alkyl halides is 2. The van der Waals surface area contributed by atoms with Crippen LogP contribution >= 0.6 is 11.3 Å². The summed E-state index contributed by atoms with van der Waals surface area (Å²) >= 11 is 1.50. The van der Waals surface area contributed by atoms with E-state index in [1.807, 2.05) is 21.7 Å². The maximum atomic E-state index is 12.6. The van der Waals surface area contributed by atoms with E-state index in [9.17, 15) is 18.4 Å². The van der Waals surface area contributed by atoms with Gasteiger partial charge >= 0.3 is 6.61 Å². The second kappa shape index (κ2) is 10.5. The van der Waals surface area contributed by atoms with Crippen molar-refractivity contribution < 1.29 is 23.1 Å². The van der Waals surface area contributed by atoms with Crippen LogP contribution in [0.15, 0.2) is 41.1 Å². The first kappa shape index (κ1) is 22.2. The molecule has 3 rings (SSSR count). The van der Waals surface area contributed by atoms with Gasteiger partial charge in [0.1, 0.15) is 5.75 Å². The van der Waals surface area contributed by atoms with E-state index in [0.717, 1.165) is 18.5 Å². The van der Waals surface area contributed by atoms with E-state index in [-0.39, 0.29) is 24.1 Å². The summed E-state index contributed by atoms with van der Waals surface area (Å²) in [6.07, 6.45) is 0.818. The van der Waals surface area contributed by atoms with Crippen molar-refractivity contribution in [3.05, 3.63) is 52.2 Å². The molecule has 2 heterocycles. The summed E-state index contributed by atoms with van der Waals surface area (Å²) in [5, 5.41) is 3.75. The summed E-state index contributed by atoms with van der Waals surface area (Å²) in [4.78, 5) is 30.7. The van der Waals surface area contributed by atoms with Crippen LogP contribution in [0, 0.1) is 0 Å². The molecule has 0 spiro atoms. The van der Waals surface area contributed by atoms with E-state index in [0.29, 0.717) is 31.7 Å². The predicted molar refractivity (Wildman–Crippen MR) is 111 cm³/mol. The molecule has 0 aliphatic carbocycles. The molecule has 0 bridgehead atoms. The maximum Gasteiger partial charge on any atom is 0.387 e. The summed E-state index contributed by atoms with van der Waals surface area (Å²) in [7, 11) is 1.72. The molecule has 1 aromatic heterocycles. The lowest BCUT2D eigenvalue weighted by Crippen LogP contribution is -2.40. The number of halogens is 2. The minimum Gasteiger partial charge on any atom is -0.435 e. The first-order valence-corrected chi connectivity index (χ1v) is 10.7. The average Bonchev–Trinajstić information content (AvgIpc) is 3.15. The Labute approximate surface area is 178 Å². The number of thiophene rings is 1. The third kappa shape index (κ3) is 6.24. The van der Waals surface area contributed by atoms with E-state index in [1.165, 1.54) is 23.5 Å². The largest absolute Gasteiger partial charge is 0.435 e. The quantitative estimate of drug-likeness (QED) is 0.668. The highest BCUT2D eigenvalue weighted by Crippen LogP contribution is 2.16. The number of ether oxygens (including phenoxy) is 1. The zero-order valence-electron chi connectivity index (χ0n) is 16.8. The van der Waals surface area contributed by atoms with Crippen LogP contribution in [0.25, 0.3) is 0 Å². The van der Waals surface area contributed by atoms with E-state index in [2.05, 4.69) is 9.64 Å². The summed E-state index contributed by atoms with van der Waals surface area (Å²) < 4.78 is 28.8. The lowest BCUT2D eigenvalue weighted by atomic mass is 10.2. The molecule has 9 heteroatoms. The molecule has 30 heavy (non-hydrogen) atoms. The third-order valence-corrected chi connectivity index (χ3v) is 5.68. The Kier molecular flexibility index (Phi) is 7.75. The van der Waals surface area contributed by atoms with E-state index in [4.69, 9.17) is 0 Å². The first-order valence-electron chi connectivity index (χ1n) is 9.74. The Morgan fingerprint density at radius 1 is 1.13 bits per heavy atom.